The van der Waals surface area contributed by atoms with Gasteiger partial charge in [0.15, 0.2) is 0 Å². The average molecular weight is 414 g/mol. The van der Waals surface area contributed by atoms with Gasteiger partial charge >= 0.3 is 0 Å². The van der Waals surface area contributed by atoms with Crippen LogP contribution in [0.25, 0.3) is 0 Å². The van der Waals surface area contributed by atoms with Gasteiger partial charge in [0.1, 0.15) is 4.90 Å². The smallest absolute Gasteiger partial charge is 0.244 e. The molecule has 8 heteroatoms. The van der Waals surface area contributed by atoms with E-state index < -0.39 is 10.0 Å². The molecule has 0 bridgehead atoms. The molecule has 2 aliphatic heterocycles. The lowest BCUT2D eigenvalue weighted by Gasteiger charge is -2.34. The summed E-state index contributed by atoms with van der Waals surface area (Å²) >= 11 is 6.16. The molecule has 0 saturated carbocycles. The van der Waals surface area contributed by atoms with Crippen LogP contribution in [0.5, 0.6) is 0 Å². The molecule has 0 radical (unpaired) electrons. The highest BCUT2D eigenvalue weighted by Crippen LogP contribution is 2.26. The first-order chi connectivity index (χ1) is 12.9. The molecule has 1 amide bonds. The van der Waals surface area contributed by atoms with E-state index in [1.165, 1.54) is 17.1 Å². The molecule has 2 heterocycles. The number of sulfonamides is 1. The summed E-state index contributed by atoms with van der Waals surface area (Å²) in [7, 11) is -3.61. The van der Waals surface area contributed by atoms with Crippen LogP contribution in [0.15, 0.2) is 23.1 Å². The molecule has 0 aromatic heterocycles. The lowest BCUT2D eigenvalue weighted by molar-refractivity contribution is -0.132. The number of likely N-dealkylation sites (tertiary alicyclic amines) is 1. The van der Waals surface area contributed by atoms with Crippen LogP contribution in [0.3, 0.4) is 0 Å². The number of carbonyl (C=O) groups excluding carboxylic acids is 1. The van der Waals surface area contributed by atoms with Crippen molar-refractivity contribution in [2.45, 2.75) is 37.5 Å². The molecule has 2 fully saturated rings. The molecule has 1 aromatic carbocycles. The van der Waals surface area contributed by atoms with Gasteiger partial charge in [0.05, 0.1) is 11.6 Å². The van der Waals surface area contributed by atoms with Gasteiger partial charge in [-0.25, -0.2) is 8.42 Å². The Balaban J connectivity index is 1.57. The fourth-order valence-electron chi connectivity index (χ4n) is 3.69. The highest BCUT2D eigenvalue weighted by molar-refractivity contribution is 7.89. The Morgan fingerprint density at radius 2 is 1.63 bits per heavy atom. The number of carbonyl (C=O) groups is 1. The standard InChI is InChI=1S/C19H28ClN3O3S/c1-16-6-7-18(17(20)14-16)27(25,26)23-12-10-21(11-13-23)15-19(24)22-8-4-2-3-5-9-22/h6-7,14H,2-5,8-13,15H2,1H3. The van der Waals surface area contributed by atoms with Crippen LogP contribution in [0.4, 0.5) is 0 Å². The average Bonchev–Trinajstić information content (AvgIpc) is 2.91. The molecule has 2 aliphatic rings. The number of amides is 1. The van der Waals surface area contributed by atoms with Gasteiger partial charge in [0.2, 0.25) is 15.9 Å². The fourth-order valence-corrected chi connectivity index (χ4v) is 5.69. The second kappa shape index (κ2) is 8.90. The maximum atomic E-state index is 12.9. The molecular formula is C19H28ClN3O3S. The Bertz CT molecular complexity index is 768. The third kappa shape index (κ3) is 5.02. The van der Waals surface area contributed by atoms with Crippen molar-refractivity contribution in [1.82, 2.24) is 14.1 Å². The molecule has 1 aromatic rings. The van der Waals surface area contributed by atoms with Gasteiger partial charge in [-0.05, 0) is 37.5 Å². The minimum Gasteiger partial charge on any atom is -0.342 e. The zero-order valence-corrected chi connectivity index (χ0v) is 17.4. The molecule has 6 nitrogen and oxygen atoms in total. The minimum absolute atomic E-state index is 0.156. The van der Waals surface area contributed by atoms with Crippen molar-refractivity contribution >= 4 is 27.5 Å². The quantitative estimate of drug-likeness (QED) is 0.760. The van der Waals surface area contributed by atoms with Crippen LogP contribution in [0.2, 0.25) is 5.02 Å². The summed E-state index contributed by atoms with van der Waals surface area (Å²) in [5, 5.41) is 0.258. The number of hydrogen-bond donors (Lipinski definition) is 0. The molecule has 2 saturated heterocycles. The summed E-state index contributed by atoms with van der Waals surface area (Å²) in [6.07, 6.45) is 4.55. The van der Waals surface area contributed by atoms with Crippen LogP contribution < -0.4 is 0 Å². The van der Waals surface area contributed by atoms with Crippen molar-refractivity contribution in [2.75, 3.05) is 45.8 Å². The Kier molecular flexibility index (Phi) is 6.78. The van der Waals surface area contributed by atoms with Crippen molar-refractivity contribution in [2.24, 2.45) is 0 Å². The van der Waals surface area contributed by atoms with E-state index in [1.54, 1.807) is 18.2 Å². The van der Waals surface area contributed by atoms with Crippen LogP contribution in [-0.4, -0.2) is 74.2 Å². The largest absolute Gasteiger partial charge is 0.342 e. The minimum atomic E-state index is -3.61. The number of piperazine rings is 1. The van der Waals surface area contributed by atoms with E-state index in [0.717, 1.165) is 31.5 Å². The van der Waals surface area contributed by atoms with Crippen molar-refractivity contribution in [3.8, 4) is 0 Å². The molecule has 150 valence electrons. The zero-order chi connectivity index (χ0) is 19.4. The molecule has 0 N–H and O–H groups in total. The Morgan fingerprint density at radius 1 is 1.00 bits per heavy atom. The van der Waals surface area contributed by atoms with Crippen LogP contribution in [0, 0.1) is 6.92 Å². The monoisotopic (exact) mass is 413 g/mol. The second-order valence-electron chi connectivity index (χ2n) is 7.41. The molecule has 0 unspecified atom stereocenters. The topological polar surface area (TPSA) is 60.9 Å². The van der Waals surface area contributed by atoms with E-state index in [4.69, 9.17) is 11.6 Å². The number of aryl methyl sites for hydroxylation is 1. The van der Waals surface area contributed by atoms with Gasteiger partial charge in [-0.1, -0.05) is 30.5 Å². The number of hydrogen-bond acceptors (Lipinski definition) is 4. The lowest BCUT2D eigenvalue weighted by Crippen LogP contribution is -2.51. The van der Waals surface area contributed by atoms with Crippen LogP contribution >= 0.6 is 11.6 Å². The molecule has 0 spiro atoms. The van der Waals surface area contributed by atoms with Gasteiger partial charge in [0.25, 0.3) is 0 Å². The predicted octanol–water partition coefficient (Wildman–Crippen LogP) is 2.36. The molecule has 27 heavy (non-hydrogen) atoms. The van der Waals surface area contributed by atoms with Gasteiger partial charge in [-0.2, -0.15) is 4.31 Å². The van der Waals surface area contributed by atoms with E-state index in [2.05, 4.69) is 4.90 Å². The van der Waals surface area contributed by atoms with Crippen molar-refractivity contribution in [3.05, 3.63) is 28.8 Å². The van der Waals surface area contributed by atoms with E-state index in [0.29, 0.717) is 32.7 Å². The Hall–Kier alpha value is -1.15. The summed E-state index contributed by atoms with van der Waals surface area (Å²) in [4.78, 5) is 16.7. The third-order valence-corrected chi connectivity index (χ3v) is 7.74. The fraction of sp³-hybridized carbons (Fsp3) is 0.632. The maximum Gasteiger partial charge on any atom is 0.244 e. The van der Waals surface area contributed by atoms with Gasteiger partial charge in [0, 0.05) is 39.3 Å². The van der Waals surface area contributed by atoms with Crippen LogP contribution in [-0.2, 0) is 14.8 Å². The number of benzene rings is 1. The summed E-state index contributed by atoms with van der Waals surface area (Å²) in [6, 6.07) is 5.00. The van der Waals surface area contributed by atoms with Gasteiger partial charge in [-0.15, -0.1) is 0 Å². The van der Waals surface area contributed by atoms with E-state index in [9.17, 15) is 13.2 Å². The van der Waals surface area contributed by atoms with Crippen molar-refractivity contribution < 1.29 is 13.2 Å². The van der Waals surface area contributed by atoms with E-state index in [-0.39, 0.29) is 15.8 Å². The molecule has 0 aliphatic carbocycles. The number of nitrogens with zero attached hydrogens (tertiary/aromatic N) is 3. The van der Waals surface area contributed by atoms with E-state index in [1.807, 2.05) is 11.8 Å². The number of halogens is 1. The van der Waals surface area contributed by atoms with Crippen molar-refractivity contribution in [1.29, 1.82) is 0 Å². The highest BCUT2D eigenvalue weighted by atomic mass is 35.5. The maximum absolute atomic E-state index is 12.9. The Labute approximate surface area is 167 Å². The third-order valence-electron chi connectivity index (χ3n) is 5.35. The van der Waals surface area contributed by atoms with Crippen LogP contribution in [0.1, 0.15) is 31.2 Å². The van der Waals surface area contributed by atoms with E-state index >= 15 is 0 Å². The summed E-state index contributed by atoms with van der Waals surface area (Å²) in [6.45, 7) is 5.81. The zero-order valence-electron chi connectivity index (χ0n) is 15.9. The normalized spacial score (nSPS) is 20.4. The summed E-state index contributed by atoms with van der Waals surface area (Å²) in [5.74, 6) is 0.162. The van der Waals surface area contributed by atoms with Gasteiger partial charge < -0.3 is 4.90 Å². The first-order valence-electron chi connectivity index (χ1n) is 9.64. The Morgan fingerprint density at radius 3 is 2.22 bits per heavy atom. The molecule has 0 atom stereocenters. The highest BCUT2D eigenvalue weighted by Gasteiger charge is 2.31. The second-order valence-corrected chi connectivity index (χ2v) is 9.72. The molecular weight excluding hydrogens is 386 g/mol. The summed E-state index contributed by atoms with van der Waals surface area (Å²) in [5.41, 5.74) is 0.927. The summed E-state index contributed by atoms with van der Waals surface area (Å²) < 4.78 is 27.2. The van der Waals surface area contributed by atoms with Crippen molar-refractivity contribution in [3.63, 3.8) is 0 Å². The first-order valence-corrected chi connectivity index (χ1v) is 11.5. The SMILES string of the molecule is Cc1ccc(S(=O)(=O)N2CCN(CC(=O)N3CCCCCC3)CC2)c(Cl)c1. The predicted molar refractivity (Wildman–Crippen MR) is 106 cm³/mol. The lowest BCUT2D eigenvalue weighted by atomic mass is 10.2. The van der Waals surface area contributed by atoms with Gasteiger partial charge in [-0.3, -0.25) is 9.69 Å². The first kappa shape index (κ1) is 20.6. The number of rotatable bonds is 4. The molecule has 3 rings (SSSR count).